The standard InChI is InChI=1S/C7H4Cl2N2S/c1-3-10-6(9)4-2-5(8)12-7(4)11-3/h2H,1H3. The maximum absolute atomic E-state index is 5.87. The van der Waals surface area contributed by atoms with Crippen molar-refractivity contribution in [3.05, 3.63) is 21.4 Å². The van der Waals surface area contributed by atoms with Crippen LogP contribution in [0.15, 0.2) is 6.07 Å². The average Bonchev–Trinajstić information content (AvgIpc) is 2.29. The molecular formula is C7H4Cl2N2S. The lowest BCUT2D eigenvalue weighted by atomic mass is 10.4. The van der Waals surface area contributed by atoms with Crippen LogP contribution in [0.3, 0.4) is 0 Å². The van der Waals surface area contributed by atoms with Gasteiger partial charge in [-0.2, -0.15) is 0 Å². The number of thiophene rings is 1. The summed E-state index contributed by atoms with van der Waals surface area (Å²) in [6.45, 7) is 1.80. The molecule has 0 aliphatic carbocycles. The topological polar surface area (TPSA) is 25.8 Å². The lowest BCUT2D eigenvalue weighted by Gasteiger charge is -1.93. The Morgan fingerprint density at radius 2 is 2.08 bits per heavy atom. The Morgan fingerprint density at radius 1 is 1.33 bits per heavy atom. The zero-order chi connectivity index (χ0) is 8.72. The third-order valence-corrected chi connectivity index (χ3v) is 2.87. The molecule has 0 aliphatic rings. The molecule has 2 rings (SSSR count). The van der Waals surface area contributed by atoms with Crippen molar-refractivity contribution in [2.24, 2.45) is 0 Å². The van der Waals surface area contributed by atoms with Gasteiger partial charge in [-0.25, -0.2) is 9.97 Å². The molecule has 5 heteroatoms. The Balaban J connectivity index is 2.88. The zero-order valence-electron chi connectivity index (χ0n) is 6.14. The average molecular weight is 219 g/mol. The Morgan fingerprint density at radius 3 is 2.83 bits per heavy atom. The number of aromatic nitrogens is 2. The van der Waals surface area contributed by atoms with Crippen molar-refractivity contribution in [1.82, 2.24) is 9.97 Å². The molecule has 2 nitrogen and oxygen atoms in total. The summed E-state index contributed by atoms with van der Waals surface area (Å²) in [6.07, 6.45) is 0. The molecule has 2 aromatic rings. The van der Waals surface area contributed by atoms with Crippen LogP contribution in [0.4, 0.5) is 0 Å². The second-order valence-corrected chi connectivity index (χ2v) is 4.35. The fourth-order valence-corrected chi connectivity index (χ4v) is 2.41. The normalized spacial score (nSPS) is 10.9. The Bertz CT molecular complexity index is 438. The van der Waals surface area contributed by atoms with E-state index in [-0.39, 0.29) is 0 Å². The quantitative estimate of drug-likeness (QED) is 0.635. The fraction of sp³-hybridized carbons (Fsp3) is 0.143. The van der Waals surface area contributed by atoms with E-state index in [1.165, 1.54) is 11.3 Å². The van der Waals surface area contributed by atoms with Crippen LogP contribution in [0.1, 0.15) is 5.82 Å². The van der Waals surface area contributed by atoms with Crippen molar-refractivity contribution >= 4 is 44.8 Å². The minimum atomic E-state index is 0.473. The summed E-state index contributed by atoms with van der Waals surface area (Å²) in [6, 6.07) is 1.78. The second kappa shape index (κ2) is 2.83. The summed E-state index contributed by atoms with van der Waals surface area (Å²) in [4.78, 5) is 9.06. The molecule has 0 aliphatic heterocycles. The minimum absolute atomic E-state index is 0.473. The lowest BCUT2D eigenvalue weighted by molar-refractivity contribution is 1.10. The molecule has 0 spiro atoms. The SMILES string of the molecule is Cc1nc(Cl)c2cc(Cl)sc2n1. The Labute approximate surface area is 83.2 Å². The van der Waals surface area contributed by atoms with Gasteiger partial charge in [-0.3, -0.25) is 0 Å². The molecule has 2 aromatic heterocycles. The van der Waals surface area contributed by atoms with Crippen molar-refractivity contribution < 1.29 is 0 Å². The van der Waals surface area contributed by atoms with E-state index in [1.54, 1.807) is 13.0 Å². The highest BCUT2D eigenvalue weighted by Gasteiger charge is 2.06. The second-order valence-electron chi connectivity index (χ2n) is 2.33. The summed E-state index contributed by atoms with van der Waals surface area (Å²) in [5, 5.41) is 1.30. The third kappa shape index (κ3) is 1.28. The third-order valence-electron chi connectivity index (χ3n) is 1.43. The molecule has 2 heterocycles. The maximum atomic E-state index is 5.87. The van der Waals surface area contributed by atoms with Crippen molar-refractivity contribution in [2.45, 2.75) is 6.92 Å². The minimum Gasteiger partial charge on any atom is -0.222 e. The molecular weight excluding hydrogens is 215 g/mol. The molecule has 0 fully saturated rings. The monoisotopic (exact) mass is 218 g/mol. The van der Waals surface area contributed by atoms with Gasteiger partial charge < -0.3 is 0 Å². The van der Waals surface area contributed by atoms with E-state index in [0.717, 1.165) is 10.2 Å². The van der Waals surface area contributed by atoms with Gasteiger partial charge in [0.2, 0.25) is 0 Å². The zero-order valence-corrected chi connectivity index (χ0v) is 8.46. The van der Waals surface area contributed by atoms with Gasteiger partial charge in [-0.15, -0.1) is 11.3 Å². The van der Waals surface area contributed by atoms with E-state index >= 15 is 0 Å². The van der Waals surface area contributed by atoms with Gasteiger partial charge in [-0.05, 0) is 13.0 Å². The number of hydrogen-bond donors (Lipinski definition) is 0. The molecule has 12 heavy (non-hydrogen) atoms. The van der Waals surface area contributed by atoms with Gasteiger partial charge in [0.25, 0.3) is 0 Å². The largest absolute Gasteiger partial charge is 0.222 e. The van der Waals surface area contributed by atoms with Crippen molar-refractivity contribution in [3.63, 3.8) is 0 Å². The first-order valence-corrected chi connectivity index (χ1v) is 4.83. The number of hydrogen-bond acceptors (Lipinski definition) is 3. The van der Waals surface area contributed by atoms with Crippen LogP contribution in [0.5, 0.6) is 0 Å². The molecule has 0 saturated heterocycles. The van der Waals surface area contributed by atoms with Gasteiger partial charge in [0.15, 0.2) is 0 Å². The molecule has 0 atom stereocenters. The van der Waals surface area contributed by atoms with Crippen LogP contribution < -0.4 is 0 Å². The van der Waals surface area contributed by atoms with Crippen LogP contribution in [0, 0.1) is 6.92 Å². The maximum Gasteiger partial charge on any atom is 0.141 e. The molecule has 0 radical (unpaired) electrons. The summed E-state index contributed by atoms with van der Waals surface area (Å²) in [5.41, 5.74) is 0. The Hall–Kier alpha value is -0.380. The van der Waals surface area contributed by atoms with Crippen LogP contribution in [0.2, 0.25) is 9.49 Å². The molecule has 0 amide bonds. The molecule has 0 saturated carbocycles. The van der Waals surface area contributed by atoms with Crippen LogP contribution in [-0.2, 0) is 0 Å². The highest BCUT2D eigenvalue weighted by molar-refractivity contribution is 7.22. The molecule has 0 N–H and O–H groups in total. The van der Waals surface area contributed by atoms with E-state index in [4.69, 9.17) is 23.2 Å². The van der Waals surface area contributed by atoms with Crippen molar-refractivity contribution in [1.29, 1.82) is 0 Å². The highest BCUT2D eigenvalue weighted by atomic mass is 35.5. The molecule has 0 aromatic carbocycles. The van der Waals surface area contributed by atoms with Crippen molar-refractivity contribution in [2.75, 3.05) is 0 Å². The summed E-state index contributed by atoms with van der Waals surface area (Å²) < 4.78 is 0.687. The van der Waals surface area contributed by atoms with Gasteiger partial charge >= 0.3 is 0 Å². The number of halogens is 2. The first-order valence-electron chi connectivity index (χ1n) is 3.26. The van der Waals surface area contributed by atoms with Crippen LogP contribution in [-0.4, -0.2) is 9.97 Å². The summed E-state index contributed by atoms with van der Waals surface area (Å²) >= 11 is 13.1. The van der Waals surface area contributed by atoms with Gasteiger partial charge in [0, 0.05) is 0 Å². The van der Waals surface area contributed by atoms with Gasteiger partial charge in [0.05, 0.1) is 9.72 Å². The molecule has 0 bridgehead atoms. The summed E-state index contributed by atoms with van der Waals surface area (Å²) in [5.74, 6) is 0.672. The number of fused-ring (bicyclic) bond motifs is 1. The van der Waals surface area contributed by atoms with Gasteiger partial charge in [-0.1, -0.05) is 23.2 Å². The Kier molecular flexibility index (Phi) is 1.94. The van der Waals surface area contributed by atoms with Gasteiger partial charge in [0.1, 0.15) is 15.8 Å². The van der Waals surface area contributed by atoms with E-state index in [0.29, 0.717) is 15.3 Å². The first-order chi connectivity index (χ1) is 5.66. The lowest BCUT2D eigenvalue weighted by Crippen LogP contribution is -1.86. The fourth-order valence-electron chi connectivity index (χ4n) is 0.957. The number of rotatable bonds is 0. The van der Waals surface area contributed by atoms with E-state index < -0.39 is 0 Å². The predicted molar refractivity (Wildman–Crippen MR) is 52.2 cm³/mol. The van der Waals surface area contributed by atoms with E-state index in [2.05, 4.69) is 9.97 Å². The number of aryl methyl sites for hydroxylation is 1. The van der Waals surface area contributed by atoms with Crippen molar-refractivity contribution in [3.8, 4) is 0 Å². The summed E-state index contributed by atoms with van der Waals surface area (Å²) in [7, 11) is 0. The van der Waals surface area contributed by atoms with Crippen LogP contribution in [0.25, 0.3) is 10.2 Å². The van der Waals surface area contributed by atoms with Crippen LogP contribution >= 0.6 is 34.5 Å². The molecule has 62 valence electrons. The van der Waals surface area contributed by atoms with E-state index in [1.807, 2.05) is 0 Å². The first kappa shape index (κ1) is 8.23. The number of nitrogens with zero attached hydrogens (tertiary/aromatic N) is 2. The molecule has 0 unspecified atom stereocenters. The van der Waals surface area contributed by atoms with E-state index in [9.17, 15) is 0 Å². The highest BCUT2D eigenvalue weighted by Crippen LogP contribution is 2.31. The predicted octanol–water partition coefficient (Wildman–Crippen LogP) is 3.31. The smallest absolute Gasteiger partial charge is 0.141 e.